The molecule has 1 aromatic heterocycles. The van der Waals surface area contributed by atoms with Gasteiger partial charge in [0.05, 0.1) is 29.5 Å². The molecule has 0 saturated carbocycles. The van der Waals surface area contributed by atoms with Crippen molar-refractivity contribution < 1.29 is 9.84 Å². The summed E-state index contributed by atoms with van der Waals surface area (Å²) in [7, 11) is 0. The number of rotatable bonds is 5. The molecule has 2 aliphatic rings. The summed E-state index contributed by atoms with van der Waals surface area (Å²) >= 11 is 5.90. The Bertz CT molecular complexity index is 798. The zero-order valence-electron chi connectivity index (χ0n) is 15.3. The first-order valence-corrected chi connectivity index (χ1v) is 9.87. The fraction of sp³-hybridized carbons (Fsp3) is 0.409. The molecule has 141 valence electrons. The molecule has 1 aliphatic carbocycles. The average molecular weight is 384 g/mol. The average Bonchev–Trinajstić information content (AvgIpc) is 2.69. The van der Waals surface area contributed by atoms with Crippen molar-refractivity contribution in [2.75, 3.05) is 13.1 Å². The van der Waals surface area contributed by atoms with Crippen molar-refractivity contribution in [1.82, 2.24) is 9.88 Å². The van der Waals surface area contributed by atoms with Crippen LogP contribution in [0.25, 0.3) is 6.08 Å². The first kappa shape index (κ1) is 18.6. The van der Waals surface area contributed by atoms with E-state index >= 15 is 0 Å². The van der Waals surface area contributed by atoms with Gasteiger partial charge in [0.1, 0.15) is 0 Å². The van der Waals surface area contributed by atoms with E-state index in [-0.39, 0.29) is 12.2 Å². The fourth-order valence-electron chi connectivity index (χ4n) is 3.68. The van der Waals surface area contributed by atoms with Crippen LogP contribution in [0.2, 0.25) is 5.02 Å². The van der Waals surface area contributed by atoms with Gasteiger partial charge in [-0.15, -0.1) is 0 Å². The van der Waals surface area contributed by atoms with Crippen LogP contribution in [0, 0.1) is 6.08 Å². The number of aliphatic hydroxyl groups is 1. The smallest absolute Gasteiger partial charge is 0.0896 e. The Hall–Kier alpha value is -1.72. The number of pyridine rings is 1. The molecule has 2 heterocycles. The standard InChI is InChI=1S/C22H24ClN2O2/c23-18-6-7-19(24-13-18)15-27-22-3-1-2-17-5-4-16(12-21(17)22)14-25-10-8-20(26)9-11-25/h2,4-7,12-13,20,22,26H,3,8-11,14-15H2. The number of aromatic nitrogens is 1. The maximum Gasteiger partial charge on any atom is 0.0896 e. The molecular formula is C22H24ClN2O2. The van der Waals surface area contributed by atoms with E-state index in [0.29, 0.717) is 11.6 Å². The molecule has 1 fully saturated rings. The molecule has 1 atom stereocenters. The van der Waals surface area contributed by atoms with E-state index in [0.717, 1.165) is 44.6 Å². The third kappa shape index (κ3) is 4.77. The quantitative estimate of drug-likeness (QED) is 0.841. The fourth-order valence-corrected chi connectivity index (χ4v) is 3.79. The summed E-state index contributed by atoms with van der Waals surface area (Å²) in [6.07, 6.45) is 9.35. The number of hydrogen-bond acceptors (Lipinski definition) is 4. The molecule has 4 nitrogen and oxygen atoms in total. The molecule has 5 heteroatoms. The Balaban J connectivity index is 1.44. The number of aliphatic hydroxyl groups excluding tert-OH is 1. The lowest BCUT2D eigenvalue weighted by Crippen LogP contribution is -2.35. The zero-order valence-corrected chi connectivity index (χ0v) is 16.0. The minimum Gasteiger partial charge on any atom is -0.393 e. The number of hydrogen-bond donors (Lipinski definition) is 1. The van der Waals surface area contributed by atoms with E-state index in [1.165, 1.54) is 16.7 Å². The second-order valence-electron chi connectivity index (χ2n) is 7.29. The molecule has 0 amide bonds. The number of halogens is 1. The molecule has 1 saturated heterocycles. The second kappa shape index (κ2) is 8.53. The maximum atomic E-state index is 9.69. The highest BCUT2D eigenvalue weighted by molar-refractivity contribution is 6.30. The van der Waals surface area contributed by atoms with Gasteiger partial charge in [-0.05, 0) is 47.7 Å². The normalized spacial score (nSPS) is 20.6. The minimum atomic E-state index is -0.135. The Labute approximate surface area is 165 Å². The molecule has 27 heavy (non-hydrogen) atoms. The largest absolute Gasteiger partial charge is 0.393 e. The molecule has 1 N–H and O–H groups in total. The Morgan fingerprint density at radius 1 is 1.22 bits per heavy atom. The van der Waals surface area contributed by atoms with E-state index in [1.54, 1.807) is 6.20 Å². The molecular weight excluding hydrogens is 360 g/mol. The molecule has 2 aromatic rings. The van der Waals surface area contributed by atoms with Crippen molar-refractivity contribution in [3.8, 4) is 0 Å². The summed E-state index contributed by atoms with van der Waals surface area (Å²) in [5, 5.41) is 10.3. The lowest BCUT2D eigenvalue weighted by Gasteiger charge is -2.30. The molecule has 0 spiro atoms. The van der Waals surface area contributed by atoms with Gasteiger partial charge in [0.2, 0.25) is 0 Å². The maximum absolute atomic E-state index is 9.69. The number of ether oxygens (including phenoxy) is 1. The molecule has 1 radical (unpaired) electrons. The van der Waals surface area contributed by atoms with Crippen molar-refractivity contribution in [3.63, 3.8) is 0 Å². The van der Waals surface area contributed by atoms with Gasteiger partial charge in [0, 0.05) is 32.3 Å². The highest BCUT2D eigenvalue weighted by Gasteiger charge is 2.21. The lowest BCUT2D eigenvalue weighted by atomic mass is 9.92. The Morgan fingerprint density at radius 3 is 2.85 bits per heavy atom. The predicted octanol–water partition coefficient (Wildman–Crippen LogP) is 4.17. The van der Waals surface area contributed by atoms with Gasteiger partial charge in [0.15, 0.2) is 0 Å². The molecule has 4 rings (SSSR count). The first-order chi connectivity index (χ1) is 13.2. The number of nitrogens with zero attached hydrogens (tertiary/aromatic N) is 2. The molecule has 0 bridgehead atoms. The number of fused-ring (bicyclic) bond motifs is 1. The predicted molar refractivity (Wildman–Crippen MR) is 106 cm³/mol. The van der Waals surface area contributed by atoms with E-state index in [9.17, 15) is 5.11 Å². The zero-order chi connectivity index (χ0) is 18.6. The van der Waals surface area contributed by atoms with Gasteiger partial charge in [-0.25, -0.2) is 0 Å². The van der Waals surface area contributed by atoms with Gasteiger partial charge in [-0.1, -0.05) is 35.9 Å². The van der Waals surface area contributed by atoms with Crippen molar-refractivity contribution in [3.05, 3.63) is 70.0 Å². The van der Waals surface area contributed by atoms with Crippen LogP contribution in [0.1, 0.15) is 47.8 Å². The minimum absolute atomic E-state index is 0.00870. The third-order valence-electron chi connectivity index (χ3n) is 5.24. The summed E-state index contributed by atoms with van der Waals surface area (Å²) < 4.78 is 6.16. The van der Waals surface area contributed by atoms with Crippen LogP contribution in [0.5, 0.6) is 0 Å². The van der Waals surface area contributed by atoms with Crippen LogP contribution in [0.15, 0.2) is 36.5 Å². The first-order valence-electron chi connectivity index (χ1n) is 9.49. The monoisotopic (exact) mass is 383 g/mol. The van der Waals surface area contributed by atoms with E-state index in [4.69, 9.17) is 16.3 Å². The highest BCUT2D eigenvalue weighted by Crippen LogP contribution is 2.32. The summed E-state index contributed by atoms with van der Waals surface area (Å²) in [4.78, 5) is 6.72. The summed E-state index contributed by atoms with van der Waals surface area (Å²) in [5.74, 6) is 0. The number of benzene rings is 1. The van der Waals surface area contributed by atoms with Gasteiger partial charge < -0.3 is 9.84 Å². The van der Waals surface area contributed by atoms with Gasteiger partial charge >= 0.3 is 0 Å². The third-order valence-corrected chi connectivity index (χ3v) is 5.47. The van der Waals surface area contributed by atoms with Crippen LogP contribution in [0.4, 0.5) is 0 Å². The van der Waals surface area contributed by atoms with Crippen LogP contribution in [-0.2, 0) is 17.9 Å². The Morgan fingerprint density at radius 2 is 2.07 bits per heavy atom. The van der Waals surface area contributed by atoms with Crippen LogP contribution in [-0.4, -0.2) is 34.2 Å². The number of piperidine rings is 1. The van der Waals surface area contributed by atoms with Crippen LogP contribution >= 0.6 is 11.6 Å². The molecule has 1 aromatic carbocycles. The van der Waals surface area contributed by atoms with Crippen LogP contribution in [0.3, 0.4) is 0 Å². The van der Waals surface area contributed by atoms with E-state index < -0.39 is 0 Å². The highest BCUT2D eigenvalue weighted by atomic mass is 35.5. The van der Waals surface area contributed by atoms with Crippen LogP contribution < -0.4 is 0 Å². The summed E-state index contributed by atoms with van der Waals surface area (Å²) in [6.45, 7) is 3.28. The number of likely N-dealkylation sites (tertiary alicyclic amines) is 1. The van der Waals surface area contributed by atoms with E-state index in [2.05, 4.69) is 40.2 Å². The van der Waals surface area contributed by atoms with Crippen molar-refractivity contribution >= 4 is 17.7 Å². The van der Waals surface area contributed by atoms with E-state index in [1.807, 2.05) is 12.1 Å². The van der Waals surface area contributed by atoms with Gasteiger partial charge in [-0.2, -0.15) is 0 Å². The Kier molecular flexibility index (Phi) is 5.89. The molecule has 1 aliphatic heterocycles. The topological polar surface area (TPSA) is 45.6 Å². The molecule has 1 unspecified atom stereocenters. The van der Waals surface area contributed by atoms with Crippen molar-refractivity contribution in [1.29, 1.82) is 0 Å². The summed E-state index contributed by atoms with van der Waals surface area (Å²) in [5.41, 5.74) is 4.56. The van der Waals surface area contributed by atoms with Gasteiger partial charge in [-0.3, -0.25) is 9.88 Å². The van der Waals surface area contributed by atoms with Gasteiger partial charge in [0.25, 0.3) is 0 Å². The SMILES string of the molecule is OC1CCN(Cc2ccc3c(c2)C(OCc2ccc(Cl)cn2)C[C]=C3)CC1. The van der Waals surface area contributed by atoms with Crippen molar-refractivity contribution in [2.45, 2.75) is 44.6 Å². The summed E-state index contributed by atoms with van der Waals surface area (Å²) in [6, 6.07) is 10.3. The lowest BCUT2D eigenvalue weighted by molar-refractivity contribution is 0.0377. The second-order valence-corrected chi connectivity index (χ2v) is 7.73. The van der Waals surface area contributed by atoms with Crippen molar-refractivity contribution in [2.24, 2.45) is 0 Å².